The summed E-state index contributed by atoms with van der Waals surface area (Å²) in [6.07, 6.45) is 3.59. The van der Waals surface area contributed by atoms with E-state index in [1.165, 1.54) is 12.6 Å². The van der Waals surface area contributed by atoms with Gasteiger partial charge in [0.15, 0.2) is 6.10 Å². The van der Waals surface area contributed by atoms with Gasteiger partial charge in [-0.1, -0.05) is 31.0 Å². The molecule has 14 heavy (non-hydrogen) atoms. The van der Waals surface area contributed by atoms with Gasteiger partial charge in [-0.05, 0) is 6.42 Å². The van der Waals surface area contributed by atoms with E-state index in [2.05, 4.69) is 11.7 Å². The molecule has 82 valence electrons. The maximum atomic E-state index is 11.2. The molecular formula is C10H17ClO3. The van der Waals surface area contributed by atoms with Crippen molar-refractivity contribution in [2.24, 2.45) is 0 Å². The number of hydrogen-bond donors (Lipinski definition) is 0. The van der Waals surface area contributed by atoms with Gasteiger partial charge in [-0.3, -0.25) is 0 Å². The summed E-state index contributed by atoms with van der Waals surface area (Å²) in [5.41, 5.74) is 1.37. The highest BCUT2D eigenvalue weighted by Gasteiger charge is 2.17. The summed E-state index contributed by atoms with van der Waals surface area (Å²) in [4.78, 5) is 11.2. The molecule has 0 N–H and O–H groups in total. The summed E-state index contributed by atoms with van der Waals surface area (Å²) >= 11 is 5.37. The van der Waals surface area contributed by atoms with Crippen molar-refractivity contribution in [3.63, 3.8) is 0 Å². The Morgan fingerprint density at radius 3 is 2.79 bits per heavy atom. The normalized spacial score (nSPS) is 13.1. The molecule has 0 saturated heterocycles. The summed E-state index contributed by atoms with van der Waals surface area (Å²) in [6, 6.07) is 0. The third-order valence-corrected chi connectivity index (χ3v) is 1.90. The fourth-order valence-corrected chi connectivity index (χ4v) is 1.01. The first-order chi connectivity index (χ1) is 6.76. The smallest absolute Gasteiger partial charge is 0.335 e. The van der Waals surface area contributed by atoms with E-state index in [0.717, 1.165) is 12.8 Å². The topological polar surface area (TPSA) is 35.5 Å². The molecule has 4 heteroatoms. The highest BCUT2D eigenvalue weighted by Crippen LogP contribution is 2.04. The number of methoxy groups -OCH3 is 1. The van der Waals surface area contributed by atoms with Crippen molar-refractivity contribution in [2.75, 3.05) is 13.7 Å². The third-order valence-electron chi connectivity index (χ3n) is 1.72. The van der Waals surface area contributed by atoms with E-state index >= 15 is 0 Å². The summed E-state index contributed by atoms with van der Waals surface area (Å²) in [6.45, 7) is 2.64. The molecule has 3 nitrogen and oxygen atoms in total. The van der Waals surface area contributed by atoms with Gasteiger partial charge in [-0.25, -0.2) is 4.79 Å². The first kappa shape index (κ1) is 13.5. The molecule has 0 aromatic carbocycles. The Labute approximate surface area is 90.0 Å². The van der Waals surface area contributed by atoms with Gasteiger partial charge in [0.05, 0.1) is 7.11 Å². The number of hydrogen-bond acceptors (Lipinski definition) is 3. The molecule has 0 spiro atoms. The second-order valence-corrected chi connectivity index (χ2v) is 3.09. The standard InChI is InChI=1S/C10H17ClO3/c1-3-4-8-14-9(6-5-7-11)10(12)13-2/h5,7,9H,3-4,6,8H2,1-2H3/b7-5-. The largest absolute Gasteiger partial charge is 0.467 e. The maximum Gasteiger partial charge on any atom is 0.335 e. The molecule has 0 bridgehead atoms. The van der Waals surface area contributed by atoms with Crippen molar-refractivity contribution < 1.29 is 14.3 Å². The van der Waals surface area contributed by atoms with Gasteiger partial charge in [0.25, 0.3) is 0 Å². The van der Waals surface area contributed by atoms with Crippen LogP contribution in [0, 0.1) is 0 Å². The van der Waals surface area contributed by atoms with Crippen molar-refractivity contribution >= 4 is 17.6 Å². The third kappa shape index (κ3) is 6.00. The average molecular weight is 221 g/mol. The second-order valence-electron chi connectivity index (χ2n) is 2.83. The van der Waals surface area contributed by atoms with Crippen LogP contribution in [0.3, 0.4) is 0 Å². The van der Waals surface area contributed by atoms with Gasteiger partial charge in [-0.15, -0.1) is 0 Å². The Hall–Kier alpha value is -0.540. The molecule has 1 atom stereocenters. The fraction of sp³-hybridized carbons (Fsp3) is 0.700. The van der Waals surface area contributed by atoms with Crippen molar-refractivity contribution in [3.05, 3.63) is 11.6 Å². The van der Waals surface area contributed by atoms with Crippen LogP contribution in [0.4, 0.5) is 0 Å². The monoisotopic (exact) mass is 220 g/mol. The maximum absolute atomic E-state index is 11.2. The van der Waals surface area contributed by atoms with E-state index in [1.54, 1.807) is 6.08 Å². The molecule has 1 unspecified atom stereocenters. The van der Waals surface area contributed by atoms with Crippen LogP contribution >= 0.6 is 11.6 Å². The number of carbonyl (C=O) groups excluding carboxylic acids is 1. The average Bonchev–Trinajstić information content (AvgIpc) is 2.22. The number of carbonyl (C=O) groups is 1. The van der Waals surface area contributed by atoms with E-state index < -0.39 is 6.10 Å². The molecule has 0 aliphatic heterocycles. The summed E-state index contributed by atoms with van der Waals surface area (Å²) < 4.78 is 9.95. The van der Waals surface area contributed by atoms with E-state index in [1.807, 2.05) is 0 Å². The number of ether oxygens (including phenoxy) is 2. The van der Waals surface area contributed by atoms with E-state index in [-0.39, 0.29) is 5.97 Å². The molecule has 0 fully saturated rings. The van der Waals surface area contributed by atoms with Crippen LogP contribution in [-0.4, -0.2) is 25.8 Å². The first-order valence-corrected chi connectivity index (χ1v) is 5.14. The molecule has 0 aromatic heterocycles. The Morgan fingerprint density at radius 1 is 1.57 bits per heavy atom. The molecule has 0 amide bonds. The molecular weight excluding hydrogens is 204 g/mol. The lowest BCUT2D eigenvalue weighted by molar-refractivity contribution is -0.153. The van der Waals surface area contributed by atoms with Crippen LogP contribution in [0.5, 0.6) is 0 Å². The molecule has 0 heterocycles. The first-order valence-electron chi connectivity index (χ1n) is 4.70. The van der Waals surface area contributed by atoms with Gasteiger partial charge in [0, 0.05) is 18.6 Å². The van der Waals surface area contributed by atoms with E-state index in [4.69, 9.17) is 16.3 Å². The van der Waals surface area contributed by atoms with Crippen LogP contribution < -0.4 is 0 Å². The number of rotatable bonds is 7. The predicted molar refractivity (Wildman–Crippen MR) is 56.3 cm³/mol. The SMILES string of the molecule is CCCCOC(C/C=C\Cl)C(=O)OC. The Balaban J connectivity index is 3.90. The summed E-state index contributed by atoms with van der Waals surface area (Å²) in [5, 5.41) is 0. The Morgan fingerprint density at radius 2 is 2.29 bits per heavy atom. The van der Waals surface area contributed by atoms with Gasteiger partial charge in [0.1, 0.15) is 0 Å². The molecule has 0 rings (SSSR count). The lowest BCUT2D eigenvalue weighted by Gasteiger charge is -2.13. The number of esters is 1. The van der Waals surface area contributed by atoms with Gasteiger partial charge in [0.2, 0.25) is 0 Å². The summed E-state index contributed by atoms with van der Waals surface area (Å²) in [5.74, 6) is -0.351. The predicted octanol–water partition coefficient (Wildman–Crippen LogP) is 2.49. The van der Waals surface area contributed by atoms with Crippen molar-refractivity contribution in [1.29, 1.82) is 0 Å². The highest BCUT2D eigenvalue weighted by atomic mass is 35.5. The Bertz CT molecular complexity index is 180. The minimum Gasteiger partial charge on any atom is -0.467 e. The van der Waals surface area contributed by atoms with Crippen LogP contribution in [0.15, 0.2) is 11.6 Å². The lowest BCUT2D eigenvalue weighted by Crippen LogP contribution is -2.25. The lowest BCUT2D eigenvalue weighted by atomic mass is 10.2. The minimum atomic E-state index is -0.526. The zero-order chi connectivity index (χ0) is 10.8. The van der Waals surface area contributed by atoms with Crippen molar-refractivity contribution in [1.82, 2.24) is 0 Å². The van der Waals surface area contributed by atoms with Crippen LogP contribution in [-0.2, 0) is 14.3 Å². The zero-order valence-corrected chi connectivity index (χ0v) is 9.42. The molecule has 0 aromatic rings. The van der Waals surface area contributed by atoms with Crippen LogP contribution in [0.2, 0.25) is 0 Å². The molecule has 0 aliphatic rings. The van der Waals surface area contributed by atoms with Crippen molar-refractivity contribution in [3.8, 4) is 0 Å². The molecule has 0 saturated carbocycles. The fourth-order valence-electron chi connectivity index (χ4n) is 0.909. The second kappa shape index (κ2) is 9.03. The van der Waals surface area contributed by atoms with E-state index in [0.29, 0.717) is 13.0 Å². The molecule has 0 aliphatic carbocycles. The summed E-state index contributed by atoms with van der Waals surface area (Å²) in [7, 11) is 1.35. The number of halogens is 1. The molecule has 0 radical (unpaired) electrons. The van der Waals surface area contributed by atoms with Crippen molar-refractivity contribution in [2.45, 2.75) is 32.3 Å². The zero-order valence-electron chi connectivity index (χ0n) is 8.66. The van der Waals surface area contributed by atoms with Crippen LogP contribution in [0.25, 0.3) is 0 Å². The highest BCUT2D eigenvalue weighted by molar-refractivity contribution is 6.25. The Kier molecular flexibility index (Phi) is 8.68. The quantitative estimate of drug-likeness (QED) is 0.489. The number of unbranched alkanes of at least 4 members (excludes halogenated alkanes) is 1. The van der Waals surface area contributed by atoms with Gasteiger partial charge < -0.3 is 9.47 Å². The minimum absolute atomic E-state index is 0.351. The van der Waals surface area contributed by atoms with E-state index in [9.17, 15) is 4.79 Å². The van der Waals surface area contributed by atoms with Crippen LogP contribution in [0.1, 0.15) is 26.2 Å². The van der Waals surface area contributed by atoms with Gasteiger partial charge in [-0.2, -0.15) is 0 Å². The van der Waals surface area contributed by atoms with Gasteiger partial charge >= 0.3 is 5.97 Å².